The summed E-state index contributed by atoms with van der Waals surface area (Å²) in [5, 5.41) is 2.71. The van der Waals surface area contributed by atoms with Gasteiger partial charge in [-0.2, -0.15) is 0 Å². The zero-order valence-electron chi connectivity index (χ0n) is 12.6. The van der Waals surface area contributed by atoms with Gasteiger partial charge in [0.25, 0.3) is 5.91 Å². The van der Waals surface area contributed by atoms with E-state index in [9.17, 15) is 9.59 Å². The molecule has 1 aromatic rings. The van der Waals surface area contributed by atoms with Gasteiger partial charge in [-0.05, 0) is 39.0 Å². The van der Waals surface area contributed by atoms with Gasteiger partial charge >= 0.3 is 0 Å². The first-order valence-electron chi connectivity index (χ1n) is 6.96. The number of rotatable bonds is 8. The highest BCUT2D eigenvalue weighted by atomic mass is 16.5. The molecule has 0 bridgehead atoms. The van der Waals surface area contributed by atoms with Crippen LogP contribution < -0.4 is 20.5 Å². The van der Waals surface area contributed by atoms with Crippen molar-refractivity contribution in [1.82, 2.24) is 5.32 Å². The molecule has 1 unspecified atom stereocenters. The van der Waals surface area contributed by atoms with Crippen LogP contribution in [0.25, 0.3) is 0 Å². The van der Waals surface area contributed by atoms with Crippen LogP contribution in [0.4, 0.5) is 0 Å². The number of hydrogen-bond donors (Lipinski definition) is 2. The topological polar surface area (TPSA) is 90.6 Å². The molecule has 0 aliphatic heterocycles. The van der Waals surface area contributed by atoms with Crippen LogP contribution in [0.1, 0.15) is 45.0 Å². The third-order valence-corrected chi connectivity index (χ3v) is 2.69. The number of ether oxygens (including phenoxy) is 2. The minimum absolute atomic E-state index is 0. The number of primary amides is 1. The molecule has 1 rings (SSSR count). The summed E-state index contributed by atoms with van der Waals surface area (Å²) in [6.45, 7) is 6.45. The molecule has 0 spiro atoms. The minimum atomic E-state index is -0.454. The van der Waals surface area contributed by atoms with Gasteiger partial charge in [-0.3, -0.25) is 9.59 Å². The largest absolute Gasteiger partial charge is 0.490 e. The molecule has 1 atom stereocenters. The second-order valence-corrected chi connectivity index (χ2v) is 4.57. The Balaban J connectivity index is 0.00000441. The highest BCUT2D eigenvalue weighted by molar-refractivity contribution is 5.95. The molecule has 6 nitrogen and oxygen atoms in total. The molecule has 0 aliphatic carbocycles. The average molecular weight is 310 g/mol. The van der Waals surface area contributed by atoms with Crippen LogP contribution in [0.15, 0.2) is 18.2 Å². The number of carbonyl (C=O) groups is 2. The number of benzene rings is 1. The van der Waals surface area contributed by atoms with Crippen molar-refractivity contribution >= 4 is 11.8 Å². The van der Waals surface area contributed by atoms with Gasteiger partial charge in [0.15, 0.2) is 11.5 Å². The third-order valence-electron chi connectivity index (χ3n) is 2.69. The molecule has 0 fully saturated rings. The van der Waals surface area contributed by atoms with Crippen molar-refractivity contribution in [2.45, 2.75) is 40.7 Å². The van der Waals surface area contributed by atoms with E-state index in [-0.39, 0.29) is 25.8 Å². The van der Waals surface area contributed by atoms with E-state index in [0.29, 0.717) is 30.3 Å². The number of carbonyl (C=O) groups excluding carboxylic acids is 2. The van der Waals surface area contributed by atoms with Gasteiger partial charge in [-0.15, -0.1) is 0 Å². The summed E-state index contributed by atoms with van der Waals surface area (Å²) < 4.78 is 10.9. The van der Waals surface area contributed by atoms with E-state index in [2.05, 4.69) is 5.32 Å². The Morgan fingerprint density at radius 3 is 2.32 bits per heavy atom. The Bertz CT molecular complexity index is 503. The van der Waals surface area contributed by atoms with Crippen LogP contribution in [-0.4, -0.2) is 31.1 Å². The maximum Gasteiger partial charge on any atom is 0.251 e. The van der Waals surface area contributed by atoms with Gasteiger partial charge in [0.05, 0.1) is 13.2 Å². The molecule has 22 heavy (non-hydrogen) atoms. The number of amides is 2. The highest BCUT2D eigenvalue weighted by Gasteiger charge is 2.14. The highest BCUT2D eigenvalue weighted by Crippen LogP contribution is 2.28. The lowest BCUT2D eigenvalue weighted by Crippen LogP contribution is -2.35. The van der Waals surface area contributed by atoms with Crippen LogP contribution in [0.5, 0.6) is 11.5 Å². The first-order valence-corrected chi connectivity index (χ1v) is 6.96. The van der Waals surface area contributed by atoms with Crippen LogP contribution in [-0.2, 0) is 4.79 Å². The predicted molar refractivity (Wildman–Crippen MR) is 86.3 cm³/mol. The lowest BCUT2D eigenvalue weighted by Gasteiger charge is -2.14. The van der Waals surface area contributed by atoms with Crippen LogP contribution in [0.3, 0.4) is 0 Å². The Morgan fingerprint density at radius 1 is 1.18 bits per heavy atom. The van der Waals surface area contributed by atoms with Crippen LogP contribution in [0.2, 0.25) is 0 Å². The van der Waals surface area contributed by atoms with Crippen molar-refractivity contribution in [3.63, 3.8) is 0 Å². The molecule has 0 saturated heterocycles. The maximum atomic E-state index is 12.1. The summed E-state index contributed by atoms with van der Waals surface area (Å²) in [5.74, 6) is 0.382. The summed E-state index contributed by atoms with van der Waals surface area (Å²) in [4.78, 5) is 22.9. The van der Waals surface area contributed by atoms with E-state index in [0.717, 1.165) is 0 Å². The van der Waals surface area contributed by atoms with Gasteiger partial charge in [-0.1, -0.05) is 7.43 Å². The fourth-order valence-corrected chi connectivity index (χ4v) is 1.85. The Labute approximate surface area is 132 Å². The molecule has 124 valence electrons. The molecule has 0 heterocycles. The average Bonchev–Trinajstić information content (AvgIpc) is 2.40. The molecular weight excluding hydrogens is 284 g/mol. The predicted octanol–water partition coefficient (Wildman–Crippen LogP) is 2.11. The van der Waals surface area contributed by atoms with Gasteiger partial charge in [0.2, 0.25) is 5.91 Å². The molecule has 0 aliphatic rings. The molecule has 6 heteroatoms. The van der Waals surface area contributed by atoms with Crippen LogP contribution in [0, 0.1) is 0 Å². The lowest BCUT2D eigenvalue weighted by atomic mass is 10.1. The second kappa shape index (κ2) is 9.65. The summed E-state index contributed by atoms with van der Waals surface area (Å²) in [7, 11) is 0. The van der Waals surface area contributed by atoms with Crippen molar-refractivity contribution in [2.75, 3.05) is 13.2 Å². The zero-order chi connectivity index (χ0) is 15.8. The maximum absolute atomic E-state index is 12.1. The zero-order valence-corrected chi connectivity index (χ0v) is 12.6. The van der Waals surface area contributed by atoms with E-state index in [4.69, 9.17) is 15.2 Å². The monoisotopic (exact) mass is 310 g/mol. The normalized spacial score (nSPS) is 11.0. The van der Waals surface area contributed by atoms with Crippen molar-refractivity contribution in [3.05, 3.63) is 23.8 Å². The van der Waals surface area contributed by atoms with Gasteiger partial charge in [0.1, 0.15) is 0 Å². The summed E-state index contributed by atoms with van der Waals surface area (Å²) in [5.41, 5.74) is 5.54. The Morgan fingerprint density at radius 2 is 1.77 bits per heavy atom. The number of nitrogens with one attached hydrogen (secondary N) is 1. The lowest BCUT2D eigenvalue weighted by molar-refractivity contribution is -0.118. The fraction of sp³-hybridized carbons (Fsp3) is 0.500. The second-order valence-electron chi connectivity index (χ2n) is 4.57. The molecular formula is C16H26N2O4. The third kappa shape index (κ3) is 6.03. The van der Waals surface area contributed by atoms with Gasteiger partial charge in [-0.25, -0.2) is 0 Å². The van der Waals surface area contributed by atoms with E-state index < -0.39 is 5.91 Å². The van der Waals surface area contributed by atoms with Crippen molar-refractivity contribution in [2.24, 2.45) is 5.73 Å². The first kappa shape index (κ1) is 19.8. The quantitative estimate of drug-likeness (QED) is 0.769. The van der Waals surface area contributed by atoms with Crippen LogP contribution >= 0.6 is 0 Å². The van der Waals surface area contributed by atoms with Crippen molar-refractivity contribution in [3.8, 4) is 11.5 Å². The Kier molecular flexibility index (Phi) is 8.67. The molecule has 0 saturated carbocycles. The SMILES string of the molecule is C.CCOc1ccc(C(=O)NC(C)CC(N)=O)cc1OCC. The van der Waals surface area contributed by atoms with Gasteiger partial charge in [0, 0.05) is 18.0 Å². The molecule has 1 aromatic carbocycles. The number of hydrogen-bond acceptors (Lipinski definition) is 4. The Hall–Kier alpha value is -2.24. The summed E-state index contributed by atoms with van der Waals surface area (Å²) in [6.07, 6.45) is 0.0983. The van der Waals surface area contributed by atoms with E-state index >= 15 is 0 Å². The van der Waals surface area contributed by atoms with E-state index in [1.165, 1.54) is 0 Å². The first-order chi connectivity index (χ1) is 9.97. The van der Waals surface area contributed by atoms with Gasteiger partial charge < -0.3 is 20.5 Å². The minimum Gasteiger partial charge on any atom is -0.490 e. The van der Waals surface area contributed by atoms with E-state index in [1.54, 1.807) is 25.1 Å². The molecule has 0 radical (unpaired) electrons. The molecule has 0 aromatic heterocycles. The summed E-state index contributed by atoms with van der Waals surface area (Å²) >= 11 is 0. The molecule has 3 N–H and O–H groups in total. The summed E-state index contributed by atoms with van der Waals surface area (Å²) in [6, 6.07) is 4.65. The van der Waals surface area contributed by atoms with E-state index in [1.807, 2.05) is 13.8 Å². The fourth-order valence-electron chi connectivity index (χ4n) is 1.85. The van der Waals surface area contributed by atoms with Crippen molar-refractivity contribution < 1.29 is 19.1 Å². The number of nitrogens with two attached hydrogens (primary N) is 1. The molecule has 2 amide bonds. The van der Waals surface area contributed by atoms with Crippen molar-refractivity contribution in [1.29, 1.82) is 0 Å². The standard InChI is InChI=1S/C15H22N2O4.CH4/c1-4-20-12-7-6-11(9-13(12)21-5-2)15(19)17-10(3)8-14(16)18;/h6-7,9-10H,4-5,8H2,1-3H3,(H2,16,18)(H,17,19);1H4. The smallest absolute Gasteiger partial charge is 0.251 e.